The Hall–Kier alpha value is -2.00. The normalized spacial score (nSPS) is 13.1. The fourth-order valence-corrected chi connectivity index (χ4v) is 5.38. The largest absolute Gasteiger partial charge is 0.352 e. The van der Waals surface area contributed by atoms with E-state index in [2.05, 4.69) is 5.32 Å². The van der Waals surface area contributed by atoms with Crippen molar-refractivity contribution in [2.45, 2.75) is 65.6 Å². The minimum Gasteiger partial charge on any atom is -0.352 e. The van der Waals surface area contributed by atoms with Crippen LogP contribution in [-0.4, -0.2) is 50.0 Å². The second kappa shape index (κ2) is 13.7. The molecule has 11 heteroatoms. The maximum Gasteiger partial charge on any atom is 0.242 e. The molecular weight excluding hydrogens is 557 g/mol. The summed E-state index contributed by atoms with van der Waals surface area (Å²) in [6, 6.07) is 9.22. The summed E-state index contributed by atoms with van der Waals surface area (Å²) in [4.78, 5) is 27.8. The predicted octanol–water partition coefficient (Wildman–Crippen LogP) is 5.83. The topological polar surface area (TPSA) is 86.8 Å². The Kier molecular flexibility index (Phi) is 11.6. The molecule has 0 fully saturated rings. The van der Waals surface area contributed by atoms with E-state index in [-0.39, 0.29) is 43.8 Å². The molecule has 0 aromatic heterocycles. The first-order chi connectivity index (χ1) is 17.3. The number of anilines is 1. The summed E-state index contributed by atoms with van der Waals surface area (Å²) in [7, 11) is -3.62. The van der Waals surface area contributed by atoms with Crippen molar-refractivity contribution in [3.8, 4) is 0 Å². The molecule has 0 aliphatic carbocycles. The third-order valence-electron chi connectivity index (χ3n) is 6.18. The summed E-state index contributed by atoms with van der Waals surface area (Å²) in [6.07, 6.45) is 2.13. The van der Waals surface area contributed by atoms with E-state index < -0.39 is 16.1 Å². The number of rotatable bonds is 12. The van der Waals surface area contributed by atoms with E-state index in [1.54, 1.807) is 50.2 Å². The lowest BCUT2D eigenvalue weighted by molar-refractivity contribution is -0.140. The van der Waals surface area contributed by atoms with E-state index >= 15 is 0 Å². The second-order valence-electron chi connectivity index (χ2n) is 9.07. The van der Waals surface area contributed by atoms with E-state index in [0.717, 1.165) is 12.7 Å². The molecule has 0 unspecified atom stereocenters. The molecule has 0 saturated heterocycles. The highest BCUT2D eigenvalue weighted by Gasteiger charge is 2.28. The summed E-state index contributed by atoms with van der Waals surface area (Å²) in [5.41, 5.74) is 1.75. The number of hydrogen-bond acceptors (Lipinski definition) is 4. The smallest absolute Gasteiger partial charge is 0.242 e. The van der Waals surface area contributed by atoms with Crippen molar-refractivity contribution >= 4 is 62.3 Å². The number of benzene rings is 2. The first kappa shape index (κ1) is 31.2. The molecule has 0 spiro atoms. The summed E-state index contributed by atoms with van der Waals surface area (Å²) in [5.74, 6) is -0.575. The van der Waals surface area contributed by atoms with Crippen LogP contribution in [0, 0.1) is 6.92 Å². The SMILES string of the molecule is CC[C@@H](C)NC(=O)[C@H](C)N(Cc1ccc(Cl)cc1Cl)C(=O)CCCN(c1cccc(Cl)c1C)S(C)(=O)=O. The molecule has 0 saturated carbocycles. The van der Waals surface area contributed by atoms with Crippen molar-refractivity contribution < 1.29 is 18.0 Å². The van der Waals surface area contributed by atoms with Crippen molar-refractivity contribution in [3.05, 3.63) is 62.6 Å². The lowest BCUT2D eigenvalue weighted by Gasteiger charge is -2.30. The fourth-order valence-electron chi connectivity index (χ4n) is 3.73. The average Bonchev–Trinajstić information content (AvgIpc) is 2.82. The van der Waals surface area contributed by atoms with Crippen LogP contribution in [0.15, 0.2) is 36.4 Å². The Morgan fingerprint density at radius 1 is 1.05 bits per heavy atom. The molecule has 0 bridgehead atoms. The van der Waals surface area contributed by atoms with Gasteiger partial charge >= 0.3 is 0 Å². The van der Waals surface area contributed by atoms with Crippen LogP contribution >= 0.6 is 34.8 Å². The van der Waals surface area contributed by atoms with Crippen molar-refractivity contribution in [1.82, 2.24) is 10.2 Å². The minimum absolute atomic E-state index is 0.0256. The molecule has 0 radical (unpaired) electrons. The predicted molar refractivity (Wildman–Crippen MR) is 152 cm³/mol. The number of carbonyl (C=O) groups excluding carboxylic acids is 2. The van der Waals surface area contributed by atoms with Crippen LogP contribution in [0.4, 0.5) is 5.69 Å². The highest BCUT2D eigenvalue weighted by Crippen LogP contribution is 2.29. The van der Waals surface area contributed by atoms with Crippen LogP contribution in [-0.2, 0) is 26.2 Å². The number of hydrogen-bond donors (Lipinski definition) is 1. The van der Waals surface area contributed by atoms with Gasteiger partial charge in [-0.25, -0.2) is 8.42 Å². The van der Waals surface area contributed by atoms with Crippen molar-refractivity contribution in [2.75, 3.05) is 17.1 Å². The maximum absolute atomic E-state index is 13.4. The Labute approximate surface area is 235 Å². The molecule has 2 rings (SSSR count). The van der Waals surface area contributed by atoms with Crippen molar-refractivity contribution in [2.24, 2.45) is 0 Å². The number of sulfonamides is 1. The Balaban J connectivity index is 2.25. The van der Waals surface area contributed by atoms with Gasteiger partial charge in [0.15, 0.2) is 0 Å². The summed E-state index contributed by atoms with van der Waals surface area (Å²) >= 11 is 18.6. The molecule has 37 heavy (non-hydrogen) atoms. The molecule has 0 aliphatic rings. The molecule has 0 aliphatic heterocycles. The molecular formula is C26H34Cl3N3O4S. The molecule has 0 heterocycles. The van der Waals surface area contributed by atoms with Gasteiger partial charge in [-0.1, -0.05) is 53.9 Å². The Morgan fingerprint density at radius 3 is 2.32 bits per heavy atom. The van der Waals surface area contributed by atoms with Crippen molar-refractivity contribution in [3.63, 3.8) is 0 Å². The number of amides is 2. The first-order valence-electron chi connectivity index (χ1n) is 12.0. The number of halogens is 3. The van der Waals surface area contributed by atoms with Gasteiger partial charge in [-0.15, -0.1) is 0 Å². The van der Waals surface area contributed by atoms with Crippen LogP contribution in [0.5, 0.6) is 0 Å². The van der Waals surface area contributed by atoms with Gasteiger partial charge in [0.2, 0.25) is 21.8 Å². The number of nitrogens with one attached hydrogen (secondary N) is 1. The van der Waals surface area contributed by atoms with Crippen LogP contribution in [0.25, 0.3) is 0 Å². The van der Waals surface area contributed by atoms with Gasteiger partial charge in [-0.3, -0.25) is 13.9 Å². The van der Waals surface area contributed by atoms with Crippen molar-refractivity contribution in [1.29, 1.82) is 0 Å². The lowest BCUT2D eigenvalue weighted by Crippen LogP contribution is -2.49. The first-order valence-corrected chi connectivity index (χ1v) is 15.0. The molecule has 7 nitrogen and oxygen atoms in total. The highest BCUT2D eigenvalue weighted by molar-refractivity contribution is 7.92. The lowest BCUT2D eigenvalue weighted by atomic mass is 10.1. The van der Waals surface area contributed by atoms with E-state index in [9.17, 15) is 18.0 Å². The van der Waals surface area contributed by atoms with Crippen LogP contribution in [0.2, 0.25) is 15.1 Å². The Bertz CT molecular complexity index is 1220. The number of carbonyl (C=O) groups is 2. The molecule has 2 atom stereocenters. The zero-order valence-electron chi connectivity index (χ0n) is 21.7. The van der Waals surface area contributed by atoms with Crippen LogP contribution < -0.4 is 9.62 Å². The number of nitrogens with zero attached hydrogens (tertiary/aromatic N) is 2. The van der Waals surface area contributed by atoms with Gasteiger partial charge in [0.05, 0.1) is 11.9 Å². The third kappa shape index (κ3) is 8.77. The minimum atomic E-state index is -3.62. The van der Waals surface area contributed by atoms with Gasteiger partial charge < -0.3 is 10.2 Å². The fraction of sp³-hybridized carbons (Fsp3) is 0.462. The summed E-state index contributed by atoms with van der Waals surface area (Å²) in [6.45, 7) is 7.45. The molecule has 1 N–H and O–H groups in total. The van der Waals surface area contributed by atoms with E-state index in [1.165, 1.54) is 9.21 Å². The third-order valence-corrected chi connectivity index (χ3v) is 8.36. The zero-order chi connectivity index (χ0) is 27.9. The highest BCUT2D eigenvalue weighted by atomic mass is 35.5. The van der Waals surface area contributed by atoms with E-state index in [0.29, 0.717) is 31.9 Å². The Morgan fingerprint density at radius 2 is 1.73 bits per heavy atom. The standard InChI is InChI=1S/C26H34Cl3N3O4S/c1-6-17(2)30-26(34)19(4)31(16-20-12-13-21(27)15-23(20)29)25(33)11-8-14-32(37(5,35)36)24-10-7-9-22(28)18(24)3/h7,9-10,12-13,15,17,19H,6,8,11,14,16H2,1-5H3,(H,30,34)/t17-,19+/m1/s1. The van der Waals surface area contributed by atoms with Crippen LogP contribution in [0.3, 0.4) is 0 Å². The second-order valence-corrected chi connectivity index (χ2v) is 12.2. The van der Waals surface area contributed by atoms with Crippen LogP contribution in [0.1, 0.15) is 51.2 Å². The van der Waals surface area contributed by atoms with Gasteiger partial charge in [0.25, 0.3) is 0 Å². The maximum atomic E-state index is 13.4. The molecule has 204 valence electrons. The van der Waals surface area contributed by atoms with E-state index in [4.69, 9.17) is 34.8 Å². The average molecular weight is 591 g/mol. The summed E-state index contributed by atoms with van der Waals surface area (Å²) < 4.78 is 26.3. The molecule has 2 aromatic carbocycles. The van der Waals surface area contributed by atoms with Gasteiger partial charge in [-0.05, 0) is 69.0 Å². The quantitative estimate of drug-likeness (QED) is 0.337. The van der Waals surface area contributed by atoms with Gasteiger partial charge in [0.1, 0.15) is 6.04 Å². The van der Waals surface area contributed by atoms with E-state index in [1.807, 2.05) is 13.8 Å². The summed E-state index contributed by atoms with van der Waals surface area (Å²) in [5, 5.41) is 4.22. The zero-order valence-corrected chi connectivity index (χ0v) is 24.8. The molecule has 2 aromatic rings. The van der Waals surface area contributed by atoms with Gasteiger partial charge in [0, 0.05) is 40.6 Å². The monoisotopic (exact) mass is 589 g/mol. The van der Waals surface area contributed by atoms with Gasteiger partial charge in [-0.2, -0.15) is 0 Å². The molecule has 2 amide bonds.